The van der Waals surface area contributed by atoms with Crippen LogP contribution in [0.2, 0.25) is 10.0 Å². The standard InChI is InChI=1S/C16H21Cl2NO/c1-3-4-9-19(13-6-7-13)11(2)16(20)14-8-5-12(17)10-15(14)18/h5,8,10-11,13H,3-4,6-7,9H2,1-2H3. The van der Waals surface area contributed by atoms with Crippen molar-refractivity contribution in [2.45, 2.75) is 51.6 Å². The molecule has 1 aromatic rings. The first kappa shape index (κ1) is 15.8. The van der Waals surface area contributed by atoms with Gasteiger partial charge in [-0.05, 0) is 50.9 Å². The lowest BCUT2D eigenvalue weighted by atomic mass is 10.0. The Hall–Kier alpha value is -0.570. The Morgan fingerprint density at radius 3 is 2.65 bits per heavy atom. The predicted molar refractivity (Wildman–Crippen MR) is 84.9 cm³/mol. The topological polar surface area (TPSA) is 20.3 Å². The van der Waals surface area contributed by atoms with E-state index in [2.05, 4.69) is 11.8 Å². The van der Waals surface area contributed by atoms with E-state index in [1.807, 2.05) is 6.92 Å². The third-order valence-electron chi connectivity index (χ3n) is 3.86. The van der Waals surface area contributed by atoms with Gasteiger partial charge in [0.05, 0.1) is 11.1 Å². The lowest BCUT2D eigenvalue weighted by Gasteiger charge is -2.28. The molecule has 1 unspecified atom stereocenters. The average molecular weight is 314 g/mol. The molecule has 2 rings (SSSR count). The van der Waals surface area contributed by atoms with Crippen molar-refractivity contribution in [1.82, 2.24) is 4.90 Å². The molecule has 0 bridgehead atoms. The normalized spacial score (nSPS) is 16.4. The highest BCUT2D eigenvalue weighted by atomic mass is 35.5. The Labute approximate surface area is 131 Å². The number of nitrogens with zero attached hydrogens (tertiary/aromatic N) is 1. The second-order valence-electron chi connectivity index (χ2n) is 5.49. The molecule has 0 heterocycles. The molecule has 4 heteroatoms. The minimum atomic E-state index is -0.118. The van der Waals surface area contributed by atoms with Crippen LogP contribution in [0.5, 0.6) is 0 Å². The van der Waals surface area contributed by atoms with E-state index in [9.17, 15) is 4.79 Å². The van der Waals surface area contributed by atoms with E-state index in [0.717, 1.165) is 19.4 Å². The van der Waals surface area contributed by atoms with Gasteiger partial charge in [-0.25, -0.2) is 0 Å². The van der Waals surface area contributed by atoms with Gasteiger partial charge in [0.15, 0.2) is 5.78 Å². The number of hydrogen-bond acceptors (Lipinski definition) is 2. The number of unbranched alkanes of at least 4 members (excludes halogenated alkanes) is 1. The number of Topliss-reactive ketones (excluding diaryl/α,β-unsaturated/α-hetero) is 1. The minimum absolute atomic E-state index is 0.0923. The predicted octanol–water partition coefficient (Wildman–Crippen LogP) is 4.83. The summed E-state index contributed by atoms with van der Waals surface area (Å²) in [5, 5.41) is 1.00. The average Bonchev–Trinajstić information content (AvgIpc) is 3.23. The van der Waals surface area contributed by atoms with Gasteiger partial charge in [-0.2, -0.15) is 0 Å². The van der Waals surface area contributed by atoms with Crippen LogP contribution >= 0.6 is 23.2 Å². The zero-order chi connectivity index (χ0) is 14.7. The van der Waals surface area contributed by atoms with Crippen molar-refractivity contribution < 1.29 is 4.79 Å². The van der Waals surface area contributed by atoms with Crippen molar-refractivity contribution in [3.63, 3.8) is 0 Å². The summed E-state index contributed by atoms with van der Waals surface area (Å²) < 4.78 is 0. The van der Waals surface area contributed by atoms with Crippen molar-refractivity contribution in [3.05, 3.63) is 33.8 Å². The van der Waals surface area contributed by atoms with Gasteiger partial charge in [0.2, 0.25) is 0 Å². The van der Waals surface area contributed by atoms with Crippen LogP contribution in [-0.4, -0.2) is 29.3 Å². The lowest BCUT2D eigenvalue weighted by Crippen LogP contribution is -2.41. The Balaban J connectivity index is 2.13. The highest BCUT2D eigenvalue weighted by Crippen LogP contribution is 2.31. The van der Waals surface area contributed by atoms with Crippen LogP contribution in [0.4, 0.5) is 0 Å². The van der Waals surface area contributed by atoms with Gasteiger partial charge in [-0.15, -0.1) is 0 Å². The quantitative estimate of drug-likeness (QED) is 0.672. The van der Waals surface area contributed by atoms with Crippen LogP contribution < -0.4 is 0 Å². The van der Waals surface area contributed by atoms with Crippen LogP contribution in [0.15, 0.2) is 18.2 Å². The van der Waals surface area contributed by atoms with E-state index in [-0.39, 0.29) is 11.8 Å². The Morgan fingerprint density at radius 1 is 1.40 bits per heavy atom. The van der Waals surface area contributed by atoms with Crippen LogP contribution in [0.25, 0.3) is 0 Å². The number of benzene rings is 1. The Bertz CT molecular complexity index is 485. The molecular formula is C16H21Cl2NO. The number of carbonyl (C=O) groups is 1. The molecule has 0 saturated heterocycles. The first-order valence-electron chi connectivity index (χ1n) is 7.29. The summed E-state index contributed by atoms with van der Waals surface area (Å²) in [7, 11) is 0. The lowest BCUT2D eigenvalue weighted by molar-refractivity contribution is 0.0824. The van der Waals surface area contributed by atoms with E-state index in [1.165, 1.54) is 12.8 Å². The van der Waals surface area contributed by atoms with E-state index < -0.39 is 0 Å². The molecule has 20 heavy (non-hydrogen) atoms. The molecule has 0 radical (unpaired) electrons. The molecule has 0 aliphatic heterocycles. The summed E-state index contributed by atoms with van der Waals surface area (Å²) in [6.45, 7) is 5.15. The minimum Gasteiger partial charge on any atom is -0.292 e. The molecule has 1 aliphatic rings. The van der Waals surface area contributed by atoms with Gasteiger partial charge in [-0.3, -0.25) is 9.69 Å². The van der Waals surface area contributed by atoms with Crippen molar-refractivity contribution in [2.24, 2.45) is 0 Å². The molecular weight excluding hydrogens is 293 g/mol. The highest BCUT2D eigenvalue weighted by molar-refractivity contribution is 6.37. The monoisotopic (exact) mass is 313 g/mol. The van der Waals surface area contributed by atoms with Crippen LogP contribution in [0, 0.1) is 0 Å². The zero-order valence-corrected chi connectivity index (χ0v) is 13.5. The van der Waals surface area contributed by atoms with Gasteiger partial charge < -0.3 is 0 Å². The van der Waals surface area contributed by atoms with Gasteiger partial charge in [-0.1, -0.05) is 36.5 Å². The van der Waals surface area contributed by atoms with Crippen molar-refractivity contribution in [3.8, 4) is 0 Å². The third kappa shape index (κ3) is 3.75. The zero-order valence-electron chi connectivity index (χ0n) is 12.0. The maximum absolute atomic E-state index is 12.6. The number of ketones is 1. The first-order valence-corrected chi connectivity index (χ1v) is 8.05. The molecule has 1 aromatic carbocycles. The van der Waals surface area contributed by atoms with Crippen LogP contribution in [-0.2, 0) is 0 Å². The highest BCUT2D eigenvalue weighted by Gasteiger charge is 2.35. The Morgan fingerprint density at radius 2 is 2.10 bits per heavy atom. The summed E-state index contributed by atoms with van der Waals surface area (Å²) in [5.41, 5.74) is 0.575. The van der Waals surface area contributed by atoms with Crippen molar-refractivity contribution in [1.29, 1.82) is 0 Å². The van der Waals surface area contributed by atoms with E-state index in [0.29, 0.717) is 21.7 Å². The SMILES string of the molecule is CCCCN(C1CC1)C(C)C(=O)c1ccc(Cl)cc1Cl. The second kappa shape index (κ2) is 6.93. The molecule has 1 saturated carbocycles. The largest absolute Gasteiger partial charge is 0.292 e. The van der Waals surface area contributed by atoms with Gasteiger partial charge in [0, 0.05) is 16.6 Å². The van der Waals surface area contributed by atoms with Crippen molar-refractivity contribution in [2.75, 3.05) is 6.54 Å². The van der Waals surface area contributed by atoms with Crippen LogP contribution in [0.1, 0.15) is 49.9 Å². The number of halogens is 2. The fraction of sp³-hybridized carbons (Fsp3) is 0.562. The summed E-state index contributed by atoms with van der Waals surface area (Å²) in [6, 6.07) is 5.55. The summed E-state index contributed by atoms with van der Waals surface area (Å²) in [5.74, 6) is 0.0923. The maximum Gasteiger partial charge on any atom is 0.181 e. The molecule has 0 N–H and O–H groups in total. The molecule has 110 valence electrons. The van der Waals surface area contributed by atoms with Gasteiger partial charge >= 0.3 is 0 Å². The fourth-order valence-corrected chi connectivity index (χ4v) is 3.01. The molecule has 2 nitrogen and oxygen atoms in total. The molecule has 1 atom stereocenters. The van der Waals surface area contributed by atoms with Crippen molar-refractivity contribution >= 4 is 29.0 Å². The molecule has 0 amide bonds. The smallest absolute Gasteiger partial charge is 0.181 e. The molecule has 0 spiro atoms. The maximum atomic E-state index is 12.6. The number of rotatable bonds is 7. The molecule has 1 aliphatic carbocycles. The van der Waals surface area contributed by atoms with E-state index in [4.69, 9.17) is 23.2 Å². The number of hydrogen-bond donors (Lipinski definition) is 0. The van der Waals surface area contributed by atoms with E-state index in [1.54, 1.807) is 18.2 Å². The molecule has 0 aromatic heterocycles. The first-order chi connectivity index (χ1) is 9.54. The number of carbonyl (C=O) groups excluding carboxylic acids is 1. The van der Waals surface area contributed by atoms with Crippen LogP contribution in [0.3, 0.4) is 0 Å². The van der Waals surface area contributed by atoms with E-state index >= 15 is 0 Å². The molecule has 1 fully saturated rings. The summed E-state index contributed by atoms with van der Waals surface area (Å²) in [4.78, 5) is 15.0. The fourth-order valence-electron chi connectivity index (χ4n) is 2.50. The second-order valence-corrected chi connectivity index (χ2v) is 6.33. The Kier molecular flexibility index (Phi) is 5.48. The summed E-state index contributed by atoms with van der Waals surface area (Å²) >= 11 is 12.0. The van der Waals surface area contributed by atoms with Gasteiger partial charge in [0.1, 0.15) is 0 Å². The summed E-state index contributed by atoms with van der Waals surface area (Å²) in [6.07, 6.45) is 4.68. The van der Waals surface area contributed by atoms with Gasteiger partial charge in [0.25, 0.3) is 0 Å². The third-order valence-corrected chi connectivity index (χ3v) is 4.41.